The van der Waals surface area contributed by atoms with Crippen LogP contribution in [-0.2, 0) is 22.6 Å². The van der Waals surface area contributed by atoms with Gasteiger partial charge in [0.1, 0.15) is 11.4 Å². The Bertz CT molecular complexity index is 686. The molecule has 24 heavy (non-hydrogen) atoms. The maximum atomic E-state index is 12.5. The molecule has 0 bridgehead atoms. The van der Waals surface area contributed by atoms with Crippen LogP contribution in [0.1, 0.15) is 24.2 Å². The molecule has 128 valence electrons. The van der Waals surface area contributed by atoms with Crippen LogP contribution in [0.3, 0.4) is 0 Å². The Morgan fingerprint density at radius 1 is 1.33 bits per heavy atom. The second-order valence-corrected chi connectivity index (χ2v) is 5.77. The average Bonchev–Trinajstić information content (AvgIpc) is 3.04. The number of para-hydroxylation sites is 1. The molecule has 2 aromatic rings. The number of rotatable bonds is 6. The van der Waals surface area contributed by atoms with Crippen molar-refractivity contribution >= 4 is 5.91 Å². The van der Waals surface area contributed by atoms with Gasteiger partial charge in [0.05, 0.1) is 18.8 Å². The number of ether oxygens (including phenoxy) is 2. The van der Waals surface area contributed by atoms with Crippen LogP contribution in [0, 0.1) is 0 Å². The molecular weight excluding hydrogens is 308 g/mol. The first-order valence-electron chi connectivity index (χ1n) is 8.09. The highest BCUT2D eigenvalue weighted by Gasteiger charge is 2.32. The second-order valence-electron chi connectivity index (χ2n) is 5.77. The Labute approximate surface area is 141 Å². The molecule has 1 atom stereocenters. The van der Waals surface area contributed by atoms with E-state index in [-0.39, 0.29) is 18.4 Å². The van der Waals surface area contributed by atoms with Gasteiger partial charge in [-0.3, -0.25) is 4.79 Å². The molecule has 1 aliphatic heterocycles. The Morgan fingerprint density at radius 3 is 2.83 bits per heavy atom. The topological polar surface area (TPSA) is 69.5 Å². The lowest BCUT2D eigenvalue weighted by molar-refractivity contribution is -0.135. The summed E-state index contributed by atoms with van der Waals surface area (Å²) in [7, 11) is 1.67. The lowest BCUT2D eigenvalue weighted by Gasteiger charge is -2.32. The third-order valence-corrected chi connectivity index (χ3v) is 4.14. The number of amides is 1. The summed E-state index contributed by atoms with van der Waals surface area (Å²) in [6.45, 7) is 4.39. The van der Waals surface area contributed by atoms with Gasteiger partial charge in [0.25, 0.3) is 5.91 Å². The van der Waals surface area contributed by atoms with Crippen LogP contribution in [0.4, 0.5) is 0 Å². The molecule has 3 rings (SSSR count). The third kappa shape index (κ3) is 3.41. The van der Waals surface area contributed by atoms with Crippen LogP contribution in [0.2, 0.25) is 0 Å². The smallest absolute Gasteiger partial charge is 0.260 e. The number of aromatic nitrogens is 3. The molecule has 0 saturated carbocycles. The highest BCUT2D eigenvalue weighted by atomic mass is 16.5. The van der Waals surface area contributed by atoms with Gasteiger partial charge in [0.15, 0.2) is 6.61 Å². The van der Waals surface area contributed by atoms with E-state index in [1.165, 1.54) is 0 Å². The highest BCUT2D eigenvalue weighted by molar-refractivity contribution is 5.78. The summed E-state index contributed by atoms with van der Waals surface area (Å²) < 4.78 is 12.8. The summed E-state index contributed by atoms with van der Waals surface area (Å²) in [6.07, 6.45) is 0. The maximum Gasteiger partial charge on any atom is 0.260 e. The van der Waals surface area contributed by atoms with Gasteiger partial charge in [-0.15, -0.1) is 5.10 Å². The number of nitrogens with zero attached hydrogens (tertiary/aromatic N) is 4. The summed E-state index contributed by atoms with van der Waals surface area (Å²) in [5.74, 6) is 0.708. The molecule has 0 radical (unpaired) electrons. The number of carbonyl (C=O) groups is 1. The lowest BCUT2D eigenvalue weighted by Crippen LogP contribution is -2.42. The molecule has 2 heterocycles. The van der Waals surface area contributed by atoms with Crippen LogP contribution in [0.15, 0.2) is 30.3 Å². The van der Waals surface area contributed by atoms with Gasteiger partial charge in [-0.2, -0.15) is 0 Å². The summed E-state index contributed by atoms with van der Waals surface area (Å²) in [5.41, 5.74) is 1.92. The van der Waals surface area contributed by atoms with Crippen molar-refractivity contribution in [2.75, 3.05) is 26.9 Å². The van der Waals surface area contributed by atoms with E-state index in [1.54, 1.807) is 12.0 Å². The van der Waals surface area contributed by atoms with Crippen molar-refractivity contribution in [2.24, 2.45) is 0 Å². The second kappa shape index (κ2) is 7.44. The Balaban J connectivity index is 1.69. The first kappa shape index (κ1) is 16.4. The molecule has 1 aliphatic rings. The first-order chi connectivity index (χ1) is 11.7. The largest absolute Gasteiger partial charge is 0.484 e. The summed E-state index contributed by atoms with van der Waals surface area (Å²) in [5, 5.41) is 8.41. The fourth-order valence-electron chi connectivity index (χ4n) is 3.02. The number of methoxy groups -OCH3 is 1. The number of carbonyl (C=O) groups excluding carboxylic acids is 1. The lowest BCUT2D eigenvalue weighted by atomic mass is 9.99. The van der Waals surface area contributed by atoms with Crippen LogP contribution in [0.25, 0.3) is 0 Å². The van der Waals surface area contributed by atoms with Crippen molar-refractivity contribution in [3.05, 3.63) is 41.7 Å². The van der Waals surface area contributed by atoms with Gasteiger partial charge in [-0.1, -0.05) is 23.4 Å². The van der Waals surface area contributed by atoms with Crippen LogP contribution in [-0.4, -0.2) is 52.7 Å². The zero-order chi connectivity index (χ0) is 16.9. The Morgan fingerprint density at radius 2 is 2.12 bits per heavy atom. The predicted molar refractivity (Wildman–Crippen MR) is 87.7 cm³/mol. The number of hydrogen-bond donors (Lipinski definition) is 0. The van der Waals surface area contributed by atoms with Crippen molar-refractivity contribution in [2.45, 2.75) is 25.9 Å². The molecule has 0 fully saturated rings. The van der Waals surface area contributed by atoms with Crippen molar-refractivity contribution < 1.29 is 14.3 Å². The number of fused-ring (bicyclic) bond motifs is 1. The molecule has 0 unspecified atom stereocenters. The Hall–Kier alpha value is -2.41. The normalized spacial score (nSPS) is 16.8. The zero-order valence-corrected chi connectivity index (χ0v) is 14.0. The number of aryl methyl sites for hydroxylation is 1. The van der Waals surface area contributed by atoms with Gasteiger partial charge in [0, 0.05) is 26.1 Å². The maximum absolute atomic E-state index is 12.5. The van der Waals surface area contributed by atoms with Crippen molar-refractivity contribution in [3.63, 3.8) is 0 Å². The van der Waals surface area contributed by atoms with Gasteiger partial charge < -0.3 is 14.4 Å². The van der Waals surface area contributed by atoms with E-state index in [2.05, 4.69) is 10.3 Å². The zero-order valence-electron chi connectivity index (χ0n) is 14.0. The van der Waals surface area contributed by atoms with Crippen molar-refractivity contribution in [1.82, 2.24) is 19.9 Å². The molecular formula is C17H22N4O3. The summed E-state index contributed by atoms with van der Waals surface area (Å²) >= 11 is 0. The van der Waals surface area contributed by atoms with Gasteiger partial charge in [-0.05, 0) is 19.1 Å². The summed E-state index contributed by atoms with van der Waals surface area (Å²) in [4.78, 5) is 14.3. The van der Waals surface area contributed by atoms with E-state index in [1.807, 2.05) is 41.9 Å². The van der Waals surface area contributed by atoms with Crippen LogP contribution >= 0.6 is 0 Å². The highest BCUT2D eigenvalue weighted by Crippen LogP contribution is 2.27. The van der Waals surface area contributed by atoms with Gasteiger partial charge >= 0.3 is 0 Å². The van der Waals surface area contributed by atoms with Crippen LogP contribution < -0.4 is 4.74 Å². The quantitative estimate of drug-likeness (QED) is 0.802. The molecule has 0 aliphatic carbocycles. The standard InChI is InChI=1S/C17H22N4O3/c1-3-21-17-13(11-23-2)9-20(10-15(17)18-19-21)16(22)12-24-14-7-5-4-6-8-14/h4-8,13H,3,9-12H2,1-2H3/t13-/m1/s1. The number of benzene rings is 1. The Kier molecular flexibility index (Phi) is 5.10. The fraction of sp³-hybridized carbons (Fsp3) is 0.471. The monoisotopic (exact) mass is 330 g/mol. The molecule has 0 spiro atoms. The minimum Gasteiger partial charge on any atom is -0.484 e. The molecule has 7 nitrogen and oxygen atoms in total. The van der Waals surface area contributed by atoms with Gasteiger partial charge in [-0.25, -0.2) is 4.68 Å². The van der Waals surface area contributed by atoms with E-state index in [4.69, 9.17) is 9.47 Å². The molecule has 7 heteroatoms. The van der Waals surface area contributed by atoms with Crippen molar-refractivity contribution in [3.8, 4) is 5.75 Å². The van der Waals surface area contributed by atoms with E-state index in [0.717, 1.165) is 17.9 Å². The van der Waals surface area contributed by atoms with Crippen LogP contribution in [0.5, 0.6) is 5.75 Å². The molecule has 0 N–H and O–H groups in total. The molecule has 1 amide bonds. The van der Waals surface area contributed by atoms with Crippen molar-refractivity contribution in [1.29, 1.82) is 0 Å². The van der Waals surface area contributed by atoms with E-state index >= 15 is 0 Å². The molecule has 1 aromatic heterocycles. The van der Waals surface area contributed by atoms with E-state index in [9.17, 15) is 4.79 Å². The van der Waals surface area contributed by atoms with E-state index < -0.39 is 0 Å². The van der Waals surface area contributed by atoms with Gasteiger partial charge in [0.2, 0.25) is 0 Å². The molecule has 1 aromatic carbocycles. The predicted octanol–water partition coefficient (Wildman–Crippen LogP) is 1.45. The minimum atomic E-state index is -0.0587. The molecule has 0 saturated heterocycles. The fourth-order valence-corrected chi connectivity index (χ4v) is 3.02. The van der Waals surface area contributed by atoms with E-state index in [0.29, 0.717) is 25.4 Å². The average molecular weight is 330 g/mol. The minimum absolute atomic E-state index is 0.0148. The SMILES string of the molecule is CCn1nnc2c1[C@@H](COC)CN(C(=O)COc1ccccc1)C2. The third-order valence-electron chi connectivity index (χ3n) is 4.14. The first-order valence-corrected chi connectivity index (χ1v) is 8.09. The summed E-state index contributed by atoms with van der Waals surface area (Å²) in [6, 6.07) is 9.34. The number of hydrogen-bond acceptors (Lipinski definition) is 5.